The molecule has 0 aliphatic heterocycles. The largest absolute Gasteiger partial charge is 0.493 e. The minimum atomic E-state index is -0.643. The van der Waals surface area contributed by atoms with Crippen LogP contribution in [0.1, 0.15) is 20.8 Å². The molecule has 0 fully saturated rings. The second-order valence-corrected chi connectivity index (χ2v) is 7.77. The van der Waals surface area contributed by atoms with Crippen LogP contribution in [-0.2, 0) is 4.79 Å². The van der Waals surface area contributed by atoms with E-state index in [9.17, 15) is 9.59 Å². The molecule has 2 aromatic carbocycles. The summed E-state index contributed by atoms with van der Waals surface area (Å²) in [7, 11) is 1.57. The molecule has 0 saturated carbocycles. The Morgan fingerprint density at radius 1 is 1.00 bits per heavy atom. The van der Waals surface area contributed by atoms with E-state index in [2.05, 4.69) is 0 Å². The fourth-order valence-corrected chi connectivity index (χ4v) is 3.00. The lowest BCUT2D eigenvalue weighted by Crippen LogP contribution is -2.25. The number of para-hydroxylation sites is 1. The highest BCUT2D eigenvalue weighted by atomic mass is 16.5. The summed E-state index contributed by atoms with van der Waals surface area (Å²) in [6, 6.07) is 13.6. The SMILES string of the molecule is COc1cccc2cc(-c3cc(=O)oc4ccc(OC(=O)C(C)(C)C)cc34)oc12. The number of esters is 1. The number of benzene rings is 2. The quantitative estimate of drug-likeness (QED) is 0.272. The Bertz CT molecular complexity index is 1290. The van der Waals surface area contributed by atoms with Crippen LogP contribution < -0.4 is 15.1 Å². The monoisotopic (exact) mass is 392 g/mol. The van der Waals surface area contributed by atoms with Crippen molar-refractivity contribution in [3.63, 3.8) is 0 Å². The Kier molecular flexibility index (Phi) is 4.42. The molecule has 0 saturated heterocycles. The third-order valence-corrected chi connectivity index (χ3v) is 4.53. The second-order valence-electron chi connectivity index (χ2n) is 7.77. The van der Waals surface area contributed by atoms with Gasteiger partial charge in [0.1, 0.15) is 17.1 Å². The van der Waals surface area contributed by atoms with Crippen molar-refractivity contribution in [3.8, 4) is 22.8 Å². The molecule has 0 bridgehead atoms. The van der Waals surface area contributed by atoms with Crippen LogP contribution in [0.15, 0.2) is 62.2 Å². The molecule has 2 aromatic heterocycles. The topological polar surface area (TPSA) is 78.9 Å². The molecule has 0 unspecified atom stereocenters. The van der Waals surface area contributed by atoms with Crippen LogP contribution in [0, 0.1) is 5.41 Å². The smallest absolute Gasteiger partial charge is 0.336 e. The summed E-state index contributed by atoms with van der Waals surface area (Å²) < 4.78 is 22.2. The summed E-state index contributed by atoms with van der Waals surface area (Å²) in [5, 5.41) is 1.44. The molecule has 0 N–H and O–H groups in total. The minimum Gasteiger partial charge on any atom is -0.493 e. The van der Waals surface area contributed by atoms with Crippen molar-refractivity contribution in [1.82, 2.24) is 0 Å². The van der Waals surface area contributed by atoms with Gasteiger partial charge < -0.3 is 18.3 Å². The van der Waals surface area contributed by atoms with Crippen LogP contribution in [0.25, 0.3) is 33.3 Å². The highest BCUT2D eigenvalue weighted by Crippen LogP contribution is 2.36. The normalized spacial score (nSPS) is 11.7. The van der Waals surface area contributed by atoms with Crippen LogP contribution in [0.5, 0.6) is 11.5 Å². The van der Waals surface area contributed by atoms with Gasteiger partial charge in [-0.2, -0.15) is 0 Å². The van der Waals surface area contributed by atoms with E-state index in [0.29, 0.717) is 39.4 Å². The highest BCUT2D eigenvalue weighted by molar-refractivity contribution is 5.96. The van der Waals surface area contributed by atoms with Crippen molar-refractivity contribution >= 4 is 27.9 Å². The van der Waals surface area contributed by atoms with Gasteiger partial charge in [-0.1, -0.05) is 12.1 Å². The van der Waals surface area contributed by atoms with Crippen molar-refractivity contribution in [2.24, 2.45) is 5.41 Å². The van der Waals surface area contributed by atoms with Gasteiger partial charge in [0.25, 0.3) is 0 Å². The minimum absolute atomic E-state index is 0.357. The van der Waals surface area contributed by atoms with Gasteiger partial charge in [0, 0.05) is 22.4 Å². The summed E-state index contributed by atoms with van der Waals surface area (Å²) >= 11 is 0. The van der Waals surface area contributed by atoms with Crippen LogP contribution in [0.2, 0.25) is 0 Å². The summed E-state index contributed by atoms with van der Waals surface area (Å²) in [5.74, 6) is 1.09. The standard InChI is InChI=1S/C23H20O6/c1-23(2,3)22(25)27-14-8-9-17-15(11-14)16(12-20(24)28-17)19-10-13-6-5-7-18(26-4)21(13)29-19/h5-12H,1-4H3. The molecule has 6 heteroatoms. The number of ether oxygens (including phenoxy) is 2. The fourth-order valence-electron chi connectivity index (χ4n) is 3.00. The first-order valence-electron chi connectivity index (χ1n) is 9.13. The van der Waals surface area contributed by atoms with Crippen molar-refractivity contribution in [3.05, 3.63) is 59.0 Å². The van der Waals surface area contributed by atoms with Gasteiger partial charge in [0.05, 0.1) is 12.5 Å². The predicted molar refractivity (Wildman–Crippen MR) is 109 cm³/mol. The number of hydrogen-bond acceptors (Lipinski definition) is 6. The molecule has 29 heavy (non-hydrogen) atoms. The van der Waals surface area contributed by atoms with E-state index >= 15 is 0 Å². The first kappa shape index (κ1) is 18.8. The lowest BCUT2D eigenvalue weighted by Gasteiger charge is -2.16. The zero-order chi connectivity index (χ0) is 20.8. The van der Waals surface area contributed by atoms with Crippen LogP contribution in [0.4, 0.5) is 0 Å². The number of hydrogen-bond donors (Lipinski definition) is 0. The summed E-state index contributed by atoms with van der Waals surface area (Å²) in [6.45, 7) is 5.34. The fraction of sp³-hybridized carbons (Fsp3) is 0.217. The first-order chi connectivity index (χ1) is 13.8. The van der Waals surface area contributed by atoms with Gasteiger partial charge in [-0.05, 0) is 51.1 Å². The number of methoxy groups -OCH3 is 1. The third kappa shape index (κ3) is 3.49. The predicted octanol–water partition coefficient (Wildman–Crippen LogP) is 5.17. The number of furan rings is 1. The van der Waals surface area contributed by atoms with Crippen molar-refractivity contribution in [2.75, 3.05) is 7.11 Å². The van der Waals surface area contributed by atoms with Gasteiger partial charge in [-0.25, -0.2) is 4.79 Å². The second kappa shape index (κ2) is 6.81. The van der Waals surface area contributed by atoms with Crippen LogP contribution in [0.3, 0.4) is 0 Å². The molecule has 148 valence electrons. The summed E-state index contributed by atoms with van der Waals surface area (Å²) in [6.07, 6.45) is 0. The molecule has 4 rings (SSSR count). The Morgan fingerprint density at radius 2 is 1.79 bits per heavy atom. The molecule has 2 heterocycles. The lowest BCUT2D eigenvalue weighted by molar-refractivity contribution is -0.142. The van der Waals surface area contributed by atoms with Crippen molar-refractivity contribution in [2.45, 2.75) is 20.8 Å². The Morgan fingerprint density at radius 3 is 2.52 bits per heavy atom. The summed E-state index contributed by atoms with van der Waals surface area (Å²) in [5.41, 5.74) is 0.357. The highest BCUT2D eigenvalue weighted by Gasteiger charge is 2.24. The van der Waals surface area contributed by atoms with E-state index in [1.54, 1.807) is 52.1 Å². The molecule has 0 radical (unpaired) electrons. The number of rotatable bonds is 3. The molecule has 6 nitrogen and oxygen atoms in total. The van der Waals surface area contributed by atoms with Crippen LogP contribution >= 0.6 is 0 Å². The van der Waals surface area contributed by atoms with Crippen LogP contribution in [-0.4, -0.2) is 13.1 Å². The maximum atomic E-state index is 12.2. The molecule has 0 atom stereocenters. The number of carbonyl (C=O) groups is 1. The van der Waals surface area contributed by atoms with E-state index in [1.807, 2.05) is 18.2 Å². The van der Waals surface area contributed by atoms with E-state index in [-0.39, 0.29) is 5.97 Å². The number of carbonyl (C=O) groups excluding carboxylic acids is 1. The van der Waals surface area contributed by atoms with E-state index in [0.717, 1.165) is 5.39 Å². The van der Waals surface area contributed by atoms with Gasteiger partial charge in [0.2, 0.25) is 0 Å². The Hall–Kier alpha value is -3.54. The molecule has 0 spiro atoms. The Balaban J connectivity index is 1.88. The van der Waals surface area contributed by atoms with Crippen molar-refractivity contribution < 1.29 is 23.1 Å². The summed E-state index contributed by atoms with van der Waals surface area (Å²) in [4.78, 5) is 24.3. The lowest BCUT2D eigenvalue weighted by atomic mass is 9.97. The average Bonchev–Trinajstić information content (AvgIpc) is 3.11. The average molecular weight is 392 g/mol. The van der Waals surface area contributed by atoms with Gasteiger partial charge in [-0.15, -0.1) is 0 Å². The molecule has 0 aliphatic carbocycles. The van der Waals surface area contributed by atoms with E-state index in [4.69, 9.17) is 18.3 Å². The molecular weight excluding hydrogens is 372 g/mol. The number of fused-ring (bicyclic) bond motifs is 2. The van der Waals surface area contributed by atoms with E-state index < -0.39 is 11.0 Å². The zero-order valence-electron chi connectivity index (χ0n) is 16.6. The van der Waals surface area contributed by atoms with Crippen molar-refractivity contribution in [1.29, 1.82) is 0 Å². The molecule has 4 aromatic rings. The van der Waals surface area contributed by atoms with Gasteiger partial charge in [0.15, 0.2) is 11.3 Å². The zero-order valence-corrected chi connectivity index (χ0v) is 16.6. The maximum Gasteiger partial charge on any atom is 0.336 e. The first-order valence-corrected chi connectivity index (χ1v) is 9.13. The maximum absolute atomic E-state index is 12.2. The molecule has 0 aliphatic rings. The van der Waals surface area contributed by atoms with Gasteiger partial charge >= 0.3 is 11.6 Å². The molecular formula is C23H20O6. The van der Waals surface area contributed by atoms with E-state index in [1.165, 1.54) is 6.07 Å². The van der Waals surface area contributed by atoms with Gasteiger partial charge in [-0.3, -0.25) is 4.79 Å². The molecule has 0 amide bonds. The Labute approximate surface area is 166 Å². The third-order valence-electron chi connectivity index (χ3n) is 4.53.